The van der Waals surface area contributed by atoms with Gasteiger partial charge < -0.3 is 10.2 Å². The van der Waals surface area contributed by atoms with E-state index in [1.807, 2.05) is 4.90 Å². The van der Waals surface area contributed by atoms with Crippen molar-refractivity contribution in [3.05, 3.63) is 11.9 Å². The highest BCUT2D eigenvalue weighted by molar-refractivity contribution is 6.99. The molecular formula is C11H17N5OS. The summed E-state index contributed by atoms with van der Waals surface area (Å²) in [4.78, 5) is 16.5. The molecule has 2 aliphatic rings. The molecule has 0 spiro atoms. The molecule has 7 heteroatoms. The van der Waals surface area contributed by atoms with Crippen molar-refractivity contribution in [2.45, 2.75) is 12.5 Å². The van der Waals surface area contributed by atoms with Crippen LogP contribution in [0.2, 0.25) is 0 Å². The number of nitrogens with zero attached hydrogens (tertiary/aromatic N) is 4. The predicted molar refractivity (Wildman–Crippen MR) is 68.7 cm³/mol. The van der Waals surface area contributed by atoms with Gasteiger partial charge in [-0.1, -0.05) is 0 Å². The van der Waals surface area contributed by atoms with Gasteiger partial charge in [-0.2, -0.15) is 8.75 Å². The summed E-state index contributed by atoms with van der Waals surface area (Å²) >= 11 is 1.09. The Morgan fingerprint density at radius 1 is 1.39 bits per heavy atom. The largest absolute Gasteiger partial charge is 0.335 e. The summed E-state index contributed by atoms with van der Waals surface area (Å²) in [7, 11) is 0. The Bertz CT molecular complexity index is 396. The molecule has 1 aromatic heterocycles. The van der Waals surface area contributed by atoms with E-state index in [9.17, 15) is 4.79 Å². The van der Waals surface area contributed by atoms with Crippen molar-refractivity contribution in [1.29, 1.82) is 0 Å². The summed E-state index contributed by atoms with van der Waals surface area (Å²) < 4.78 is 7.88. The lowest BCUT2D eigenvalue weighted by atomic mass is 10.2. The lowest BCUT2D eigenvalue weighted by molar-refractivity contribution is 0.0579. The van der Waals surface area contributed by atoms with Crippen molar-refractivity contribution in [2.75, 3.05) is 39.3 Å². The van der Waals surface area contributed by atoms with Gasteiger partial charge in [-0.25, -0.2) is 0 Å². The van der Waals surface area contributed by atoms with E-state index >= 15 is 0 Å². The minimum Gasteiger partial charge on any atom is -0.335 e. The Morgan fingerprint density at radius 3 is 2.83 bits per heavy atom. The van der Waals surface area contributed by atoms with Crippen LogP contribution in [0.5, 0.6) is 0 Å². The molecule has 1 N–H and O–H groups in total. The first-order chi connectivity index (χ1) is 8.84. The number of amides is 1. The minimum atomic E-state index is 0.0212. The lowest BCUT2D eigenvalue weighted by Gasteiger charge is -2.37. The molecule has 1 atom stereocenters. The Balaban J connectivity index is 1.55. The third-order valence-corrected chi connectivity index (χ3v) is 4.21. The zero-order valence-corrected chi connectivity index (χ0v) is 11.0. The fourth-order valence-electron chi connectivity index (χ4n) is 2.66. The molecule has 2 fully saturated rings. The molecule has 1 unspecified atom stereocenters. The van der Waals surface area contributed by atoms with Gasteiger partial charge in [0.2, 0.25) is 0 Å². The Morgan fingerprint density at radius 2 is 2.22 bits per heavy atom. The minimum absolute atomic E-state index is 0.0212. The standard InChI is InChI=1S/C11H17N5OS/c17-11(10-8-13-18-14-10)16-5-3-15(4-6-16)9-1-2-12-7-9/h8-9,12H,1-7H2. The number of piperazine rings is 1. The first-order valence-corrected chi connectivity index (χ1v) is 7.09. The van der Waals surface area contributed by atoms with Gasteiger partial charge >= 0.3 is 0 Å². The van der Waals surface area contributed by atoms with E-state index in [1.165, 1.54) is 6.42 Å². The summed E-state index contributed by atoms with van der Waals surface area (Å²) in [5.41, 5.74) is 0.482. The number of carbonyl (C=O) groups is 1. The van der Waals surface area contributed by atoms with Crippen LogP contribution in [0.25, 0.3) is 0 Å². The molecule has 2 aliphatic heterocycles. The van der Waals surface area contributed by atoms with Gasteiger partial charge in [0.1, 0.15) is 0 Å². The molecule has 1 aromatic rings. The average Bonchev–Trinajstić information content (AvgIpc) is 3.11. The Hall–Kier alpha value is -1.05. The smallest absolute Gasteiger partial charge is 0.275 e. The zero-order valence-electron chi connectivity index (χ0n) is 10.2. The van der Waals surface area contributed by atoms with Crippen LogP contribution in [0.1, 0.15) is 16.9 Å². The summed E-state index contributed by atoms with van der Waals surface area (Å²) in [5, 5.41) is 3.39. The van der Waals surface area contributed by atoms with Gasteiger partial charge in [0, 0.05) is 38.8 Å². The van der Waals surface area contributed by atoms with Gasteiger partial charge in [0.25, 0.3) is 5.91 Å². The number of aromatic nitrogens is 2. The maximum atomic E-state index is 12.1. The van der Waals surface area contributed by atoms with E-state index in [0.29, 0.717) is 11.7 Å². The Labute approximate surface area is 110 Å². The van der Waals surface area contributed by atoms with Crippen LogP contribution in [0.4, 0.5) is 0 Å². The van der Waals surface area contributed by atoms with Crippen molar-refractivity contribution < 1.29 is 4.79 Å². The molecule has 0 bridgehead atoms. The van der Waals surface area contributed by atoms with Crippen LogP contribution >= 0.6 is 11.7 Å². The van der Waals surface area contributed by atoms with Crippen LogP contribution in [-0.4, -0.2) is 69.8 Å². The van der Waals surface area contributed by atoms with Crippen LogP contribution in [0.15, 0.2) is 6.20 Å². The van der Waals surface area contributed by atoms with E-state index in [4.69, 9.17) is 0 Å². The molecule has 0 radical (unpaired) electrons. The lowest BCUT2D eigenvalue weighted by Crippen LogP contribution is -2.52. The molecule has 6 nitrogen and oxygen atoms in total. The van der Waals surface area contributed by atoms with Crippen LogP contribution in [0.3, 0.4) is 0 Å². The number of rotatable bonds is 2. The van der Waals surface area contributed by atoms with Crippen LogP contribution in [-0.2, 0) is 0 Å². The molecule has 2 saturated heterocycles. The van der Waals surface area contributed by atoms with Gasteiger partial charge in [-0.3, -0.25) is 9.69 Å². The number of hydrogen-bond donors (Lipinski definition) is 1. The van der Waals surface area contributed by atoms with Crippen LogP contribution in [0, 0.1) is 0 Å². The fourth-order valence-corrected chi connectivity index (χ4v) is 3.07. The van der Waals surface area contributed by atoms with Gasteiger partial charge in [0.15, 0.2) is 5.69 Å². The van der Waals surface area contributed by atoms with Gasteiger partial charge in [-0.15, -0.1) is 0 Å². The molecule has 3 heterocycles. The topological polar surface area (TPSA) is 61.4 Å². The van der Waals surface area contributed by atoms with Crippen molar-refractivity contribution >= 4 is 17.6 Å². The molecule has 0 saturated carbocycles. The molecule has 18 heavy (non-hydrogen) atoms. The second-order valence-corrected chi connectivity index (χ2v) is 5.32. The maximum absolute atomic E-state index is 12.1. The summed E-state index contributed by atoms with van der Waals surface area (Å²) in [6, 6.07) is 0.656. The van der Waals surface area contributed by atoms with Gasteiger partial charge in [-0.05, 0) is 13.0 Å². The normalized spacial score (nSPS) is 25.6. The first kappa shape index (κ1) is 12.0. The highest BCUT2D eigenvalue weighted by Crippen LogP contribution is 2.13. The highest BCUT2D eigenvalue weighted by atomic mass is 32.1. The second kappa shape index (κ2) is 5.29. The predicted octanol–water partition coefficient (Wildman–Crippen LogP) is -0.342. The fraction of sp³-hybridized carbons (Fsp3) is 0.727. The van der Waals surface area contributed by atoms with E-state index in [1.54, 1.807) is 6.20 Å². The maximum Gasteiger partial charge on any atom is 0.275 e. The van der Waals surface area contributed by atoms with Crippen molar-refractivity contribution in [3.8, 4) is 0 Å². The first-order valence-electron chi connectivity index (χ1n) is 6.36. The van der Waals surface area contributed by atoms with Crippen molar-refractivity contribution in [1.82, 2.24) is 23.9 Å². The summed E-state index contributed by atoms with van der Waals surface area (Å²) in [5.74, 6) is 0.0212. The second-order valence-electron chi connectivity index (χ2n) is 4.77. The van der Waals surface area contributed by atoms with E-state index in [-0.39, 0.29) is 5.91 Å². The highest BCUT2D eigenvalue weighted by Gasteiger charge is 2.28. The third kappa shape index (κ3) is 2.38. The van der Waals surface area contributed by atoms with E-state index < -0.39 is 0 Å². The summed E-state index contributed by atoms with van der Waals surface area (Å²) in [6.45, 7) is 5.74. The molecule has 0 aliphatic carbocycles. The quantitative estimate of drug-likeness (QED) is 0.794. The average molecular weight is 267 g/mol. The zero-order chi connectivity index (χ0) is 12.4. The van der Waals surface area contributed by atoms with Crippen molar-refractivity contribution in [3.63, 3.8) is 0 Å². The van der Waals surface area contributed by atoms with Crippen LogP contribution < -0.4 is 5.32 Å². The summed E-state index contributed by atoms with van der Waals surface area (Å²) in [6.07, 6.45) is 2.78. The van der Waals surface area contributed by atoms with E-state index in [2.05, 4.69) is 19.0 Å². The molecular weight excluding hydrogens is 250 g/mol. The van der Waals surface area contributed by atoms with Crippen molar-refractivity contribution in [2.24, 2.45) is 0 Å². The third-order valence-electron chi connectivity index (χ3n) is 3.73. The molecule has 3 rings (SSSR count). The van der Waals surface area contributed by atoms with E-state index in [0.717, 1.165) is 51.0 Å². The molecule has 98 valence electrons. The monoisotopic (exact) mass is 267 g/mol. The number of hydrogen-bond acceptors (Lipinski definition) is 6. The van der Waals surface area contributed by atoms with Gasteiger partial charge in [0.05, 0.1) is 17.9 Å². The number of carbonyl (C=O) groups excluding carboxylic acids is 1. The SMILES string of the molecule is O=C(c1cnsn1)N1CCN(C2CCNC2)CC1. The molecule has 0 aromatic carbocycles. The Kier molecular flexibility index (Phi) is 3.53. The number of nitrogens with one attached hydrogen (secondary N) is 1. The molecule has 1 amide bonds.